The van der Waals surface area contributed by atoms with E-state index >= 15 is 0 Å². The van der Waals surface area contributed by atoms with Crippen molar-refractivity contribution in [1.82, 2.24) is 0 Å². The first kappa shape index (κ1) is 9.36. The molecule has 3 heteroatoms. The number of hydrogen-bond acceptors (Lipinski definition) is 3. The van der Waals surface area contributed by atoms with Gasteiger partial charge in [-0.1, -0.05) is 30.3 Å². The van der Waals surface area contributed by atoms with Crippen LogP contribution >= 0.6 is 11.3 Å². The lowest BCUT2D eigenvalue weighted by Gasteiger charge is -1.96. The number of aliphatic hydroxyl groups excluding tert-OH is 1. The highest BCUT2D eigenvalue weighted by atomic mass is 32.1. The Labute approximate surface area is 96.5 Å². The molecular weight excluding hydrogens is 220 g/mol. The third kappa shape index (κ3) is 1.15. The molecule has 0 unspecified atom stereocenters. The molecule has 2 aromatic rings. The smallest absolute Gasteiger partial charge is 0.198 e. The van der Waals surface area contributed by atoms with Crippen molar-refractivity contribution in [1.29, 1.82) is 0 Å². The van der Waals surface area contributed by atoms with Gasteiger partial charge < -0.3 is 5.11 Å². The Morgan fingerprint density at radius 2 is 1.75 bits per heavy atom. The first-order valence-corrected chi connectivity index (χ1v) is 5.78. The van der Waals surface area contributed by atoms with E-state index in [4.69, 9.17) is 0 Å². The fourth-order valence-electron chi connectivity index (χ4n) is 1.91. The molecule has 2 nitrogen and oxygen atoms in total. The van der Waals surface area contributed by atoms with Crippen molar-refractivity contribution in [3.63, 3.8) is 0 Å². The number of aliphatic hydroxyl groups is 1. The maximum absolute atomic E-state index is 12.1. The lowest BCUT2D eigenvalue weighted by Crippen LogP contribution is -1.96. The summed E-state index contributed by atoms with van der Waals surface area (Å²) in [5.74, 6) is 0.0126. The van der Waals surface area contributed by atoms with Crippen LogP contribution in [0.2, 0.25) is 0 Å². The van der Waals surface area contributed by atoms with E-state index < -0.39 is 0 Å². The third-order valence-corrected chi connectivity index (χ3v) is 3.55. The summed E-state index contributed by atoms with van der Waals surface area (Å²) in [4.78, 5) is 12.9. The monoisotopic (exact) mass is 228 g/mol. The minimum Gasteiger partial charge on any atom is -0.506 e. The SMILES string of the molecule is O=C1C(c2cccs2)=C(O)c2ccccc21. The lowest BCUT2D eigenvalue weighted by atomic mass is 10.1. The van der Waals surface area contributed by atoms with Crippen molar-refractivity contribution in [3.8, 4) is 0 Å². The second-order valence-electron chi connectivity index (χ2n) is 3.58. The van der Waals surface area contributed by atoms with Gasteiger partial charge in [-0.2, -0.15) is 0 Å². The second kappa shape index (κ2) is 3.32. The van der Waals surface area contributed by atoms with Gasteiger partial charge in [-0.15, -0.1) is 11.3 Å². The molecule has 16 heavy (non-hydrogen) atoms. The van der Waals surface area contributed by atoms with Crippen LogP contribution in [0.15, 0.2) is 41.8 Å². The molecule has 1 aliphatic rings. The highest BCUT2D eigenvalue weighted by Crippen LogP contribution is 2.37. The number of allylic oxidation sites excluding steroid dienone is 1. The number of Topliss-reactive ketones (excluding diaryl/α,β-unsaturated/α-hetero) is 1. The average molecular weight is 228 g/mol. The van der Waals surface area contributed by atoms with E-state index in [0.29, 0.717) is 16.7 Å². The van der Waals surface area contributed by atoms with Crippen molar-refractivity contribution in [2.45, 2.75) is 0 Å². The van der Waals surface area contributed by atoms with Gasteiger partial charge in [0.15, 0.2) is 5.78 Å². The Balaban J connectivity index is 2.24. The Hall–Kier alpha value is -1.87. The number of benzene rings is 1. The fourth-order valence-corrected chi connectivity index (χ4v) is 2.68. The molecule has 1 aromatic carbocycles. The summed E-state index contributed by atoms with van der Waals surface area (Å²) >= 11 is 1.46. The van der Waals surface area contributed by atoms with E-state index in [-0.39, 0.29) is 11.5 Å². The molecule has 0 amide bonds. The van der Waals surface area contributed by atoms with E-state index in [1.807, 2.05) is 23.6 Å². The van der Waals surface area contributed by atoms with Gasteiger partial charge in [-0.25, -0.2) is 0 Å². The third-order valence-electron chi connectivity index (χ3n) is 2.66. The number of ketones is 1. The molecule has 0 bridgehead atoms. The number of carbonyl (C=O) groups is 1. The molecule has 1 N–H and O–H groups in total. The first-order valence-electron chi connectivity index (χ1n) is 4.90. The molecule has 1 aromatic heterocycles. The summed E-state index contributed by atoms with van der Waals surface area (Å²) in [5, 5.41) is 11.9. The van der Waals surface area contributed by atoms with E-state index in [1.165, 1.54) is 11.3 Å². The quantitative estimate of drug-likeness (QED) is 0.812. The Morgan fingerprint density at radius 1 is 1.00 bits per heavy atom. The predicted octanol–water partition coefficient (Wildman–Crippen LogP) is 3.37. The molecular formula is C13H8O2S. The maximum Gasteiger partial charge on any atom is 0.198 e. The zero-order chi connectivity index (χ0) is 11.1. The molecule has 0 saturated heterocycles. The standard InChI is InChI=1S/C13H8O2S/c14-12-8-4-1-2-5-9(8)13(15)11(12)10-6-3-7-16-10/h1-7,14H. The number of carbonyl (C=O) groups excluding carboxylic acids is 1. The van der Waals surface area contributed by atoms with Crippen LogP contribution in [0.5, 0.6) is 0 Å². The van der Waals surface area contributed by atoms with Crippen LogP contribution in [-0.4, -0.2) is 10.9 Å². The van der Waals surface area contributed by atoms with Crippen molar-refractivity contribution < 1.29 is 9.90 Å². The zero-order valence-corrected chi connectivity index (χ0v) is 9.12. The molecule has 0 atom stereocenters. The average Bonchev–Trinajstić information content (AvgIpc) is 2.89. The molecule has 0 spiro atoms. The molecule has 0 radical (unpaired) electrons. The zero-order valence-electron chi connectivity index (χ0n) is 8.31. The Bertz CT molecular complexity index is 594. The van der Waals surface area contributed by atoms with E-state index in [2.05, 4.69) is 0 Å². The number of rotatable bonds is 1. The van der Waals surface area contributed by atoms with E-state index in [9.17, 15) is 9.90 Å². The molecule has 0 saturated carbocycles. The number of thiophene rings is 1. The Kier molecular flexibility index (Phi) is 1.94. The van der Waals surface area contributed by atoms with Gasteiger partial charge in [0.05, 0.1) is 5.57 Å². The van der Waals surface area contributed by atoms with Crippen LogP contribution < -0.4 is 0 Å². The topological polar surface area (TPSA) is 37.3 Å². The van der Waals surface area contributed by atoms with Gasteiger partial charge in [0.2, 0.25) is 0 Å². The highest BCUT2D eigenvalue weighted by molar-refractivity contribution is 7.11. The van der Waals surface area contributed by atoms with E-state index in [1.54, 1.807) is 18.2 Å². The van der Waals surface area contributed by atoms with Crippen molar-refractivity contribution in [3.05, 3.63) is 57.8 Å². The molecule has 1 aliphatic carbocycles. The van der Waals surface area contributed by atoms with Crippen LogP contribution in [0.4, 0.5) is 0 Å². The summed E-state index contributed by atoms with van der Waals surface area (Å²) in [6.45, 7) is 0. The van der Waals surface area contributed by atoms with Gasteiger partial charge in [0.25, 0.3) is 0 Å². The van der Waals surface area contributed by atoms with Crippen LogP contribution in [-0.2, 0) is 0 Å². The molecule has 0 aliphatic heterocycles. The van der Waals surface area contributed by atoms with Crippen LogP contribution in [0.25, 0.3) is 11.3 Å². The molecule has 3 rings (SSSR count). The van der Waals surface area contributed by atoms with Crippen molar-refractivity contribution in [2.75, 3.05) is 0 Å². The van der Waals surface area contributed by atoms with Crippen molar-refractivity contribution in [2.24, 2.45) is 0 Å². The van der Waals surface area contributed by atoms with Crippen LogP contribution in [0.1, 0.15) is 20.8 Å². The van der Waals surface area contributed by atoms with Gasteiger partial charge in [0.1, 0.15) is 5.76 Å². The van der Waals surface area contributed by atoms with Gasteiger partial charge in [-0.05, 0) is 11.4 Å². The summed E-state index contributed by atoms with van der Waals surface area (Å²) < 4.78 is 0. The number of hydrogen-bond donors (Lipinski definition) is 1. The second-order valence-corrected chi connectivity index (χ2v) is 4.52. The fraction of sp³-hybridized carbons (Fsp3) is 0. The summed E-state index contributed by atoms with van der Waals surface area (Å²) in [5.41, 5.74) is 1.65. The van der Waals surface area contributed by atoms with Crippen LogP contribution in [0.3, 0.4) is 0 Å². The van der Waals surface area contributed by atoms with Crippen molar-refractivity contribution >= 4 is 28.5 Å². The van der Waals surface area contributed by atoms with Gasteiger partial charge >= 0.3 is 0 Å². The highest BCUT2D eigenvalue weighted by Gasteiger charge is 2.30. The van der Waals surface area contributed by atoms with Gasteiger partial charge in [0, 0.05) is 16.0 Å². The maximum atomic E-state index is 12.1. The lowest BCUT2D eigenvalue weighted by molar-refractivity contribution is 0.105. The molecule has 78 valence electrons. The molecule has 1 heterocycles. The number of fused-ring (bicyclic) bond motifs is 1. The van der Waals surface area contributed by atoms with E-state index in [0.717, 1.165) is 4.88 Å². The van der Waals surface area contributed by atoms with Crippen LogP contribution in [0, 0.1) is 0 Å². The molecule has 0 fully saturated rings. The summed E-state index contributed by atoms with van der Waals surface area (Å²) in [7, 11) is 0. The van der Waals surface area contributed by atoms with Gasteiger partial charge in [-0.3, -0.25) is 4.79 Å². The summed E-state index contributed by atoms with van der Waals surface area (Å²) in [6, 6.07) is 10.9. The predicted molar refractivity (Wildman–Crippen MR) is 64.5 cm³/mol. The first-order chi connectivity index (χ1) is 7.79. The minimum atomic E-state index is -0.0875. The summed E-state index contributed by atoms with van der Waals surface area (Å²) in [6.07, 6.45) is 0. The normalized spacial score (nSPS) is 14.4. The minimum absolute atomic E-state index is 0.0875. The largest absolute Gasteiger partial charge is 0.506 e. The Morgan fingerprint density at radius 3 is 2.38 bits per heavy atom.